The highest BCUT2D eigenvalue weighted by Gasteiger charge is 2.42. The summed E-state index contributed by atoms with van der Waals surface area (Å²) in [6.07, 6.45) is 0.183. The third-order valence-electron chi connectivity index (χ3n) is 23.8. The molecule has 4 N–H and O–H groups in total. The predicted octanol–water partition coefficient (Wildman–Crippen LogP) is 25.6. The first-order valence-electron chi connectivity index (χ1n) is 42.0. The number of rotatable bonds is 13. The number of benzene rings is 12. The van der Waals surface area contributed by atoms with Gasteiger partial charge in [0.25, 0.3) is 0 Å². The summed E-state index contributed by atoms with van der Waals surface area (Å²) in [6.45, 7) is 3.49. The van der Waals surface area contributed by atoms with Gasteiger partial charge in [-0.2, -0.15) is 0 Å². The zero-order chi connectivity index (χ0) is 93.2. The molecule has 16 aromatic rings. The van der Waals surface area contributed by atoms with Gasteiger partial charge in [-0.25, -0.2) is 41.1 Å². The van der Waals surface area contributed by atoms with Crippen LogP contribution in [-0.2, 0) is 25.7 Å². The number of aryl methyl sites for hydroxylation is 1. The number of amides is 4. The fraction of sp³-hybridized carbons (Fsp3) is 0.176. The Labute approximate surface area is 784 Å². The second-order valence-corrected chi connectivity index (χ2v) is 33.8. The average molecular weight is 1900 g/mol. The highest BCUT2D eigenvalue weighted by molar-refractivity contribution is 6.32. The van der Waals surface area contributed by atoms with Gasteiger partial charge in [0.1, 0.15) is 58.7 Å². The van der Waals surface area contributed by atoms with Crippen molar-refractivity contribution in [2.45, 2.75) is 56.8 Å². The summed E-state index contributed by atoms with van der Waals surface area (Å²) >= 11 is 30.9. The Hall–Kier alpha value is -14.0. The lowest BCUT2D eigenvalue weighted by atomic mass is 9.92. The lowest BCUT2D eigenvalue weighted by Crippen LogP contribution is -2.42. The van der Waals surface area contributed by atoms with E-state index in [1.807, 2.05) is 79.7 Å². The van der Waals surface area contributed by atoms with E-state index in [0.717, 1.165) is 94.2 Å². The van der Waals surface area contributed by atoms with E-state index >= 15 is 0 Å². The monoisotopic (exact) mass is 1900 g/mol. The largest absolute Gasteiger partial charge is 0.497 e. The fourth-order valence-corrected chi connectivity index (χ4v) is 18.3. The van der Waals surface area contributed by atoms with Crippen LogP contribution in [0.1, 0.15) is 97.0 Å². The Morgan fingerprint density at radius 3 is 0.767 bits per heavy atom. The van der Waals surface area contributed by atoms with Gasteiger partial charge in [0.05, 0.1) is 35.5 Å². The molecule has 0 radical (unpaired) electrons. The maximum Gasteiger partial charge on any atom is 0.416 e. The number of halogens is 10. The van der Waals surface area contributed by atoms with Crippen molar-refractivity contribution in [2.75, 3.05) is 61.7 Å². The summed E-state index contributed by atoms with van der Waals surface area (Å²) in [7, 11) is 7.21. The molecule has 4 aromatic heterocycles. The molecule has 4 atom stereocenters. The molecule has 4 aliphatic rings. The van der Waals surface area contributed by atoms with E-state index in [9.17, 15) is 41.1 Å². The molecule has 20 rings (SSSR count). The Bertz CT molecular complexity index is 6610. The molecule has 0 fully saturated rings. The van der Waals surface area contributed by atoms with E-state index in [1.54, 1.807) is 137 Å². The molecule has 21 nitrogen and oxygen atoms in total. The van der Waals surface area contributed by atoms with Crippen molar-refractivity contribution in [3.8, 4) is 51.7 Å². The molecular formula is C102H82Cl5F5N8O13. The predicted molar refractivity (Wildman–Crippen MR) is 500 cm³/mol. The van der Waals surface area contributed by atoms with E-state index in [-0.39, 0.29) is 28.7 Å². The van der Waals surface area contributed by atoms with E-state index < -0.39 is 77.6 Å². The third kappa shape index (κ3) is 19.1. The maximum absolute atomic E-state index is 14.7. The van der Waals surface area contributed by atoms with E-state index in [2.05, 4.69) is 19.9 Å². The van der Waals surface area contributed by atoms with Gasteiger partial charge < -0.3 is 62.6 Å². The van der Waals surface area contributed by atoms with Crippen molar-refractivity contribution < 1.29 is 83.8 Å². The van der Waals surface area contributed by atoms with Crippen LogP contribution in [0.3, 0.4) is 0 Å². The molecule has 0 bridgehead atoms. The molecule has 31 heteroatoms. The lowest BCUT2D eigenvalue weighted by molar-refractivity contribution is 0.134. The van der Waals surface area contributed by atoms with Gasteiger partial charge in [-0.05, 0) is 283 Å². The summed E-state index contributed by atoms with van der Waals surface area (Å²) in [6, 6.07) is 64.6. The summed E-state index contributed by atoms with van der Waals surface area (Å²) in [5.41, 5.74) is 14.4. The lowest BCUT2D eigenvalue weighted by Gasteiger charge is -2.35. The zero-order valence-electron chi connectivity index (χ0n) is 71.9. The highest BCUT2D eigenvalue weighted by atomic mass is 35.5. The molecule has 0 saturated heterocycles. The smallest absolute Gasteiger partial charge is 0.416 e. The number of nitrogens with one attached hydrogen (secondary N) is 4. The van der Waals surface area contributed by atoms with Crippen LogP contribution < -0.4 is 42.6 Å². The molecule has 133 heavy (non-hydrogen) atoms. The van der Waals surface area contributed by atoms with Crippen LogP contribution in [0.2, 0.25) is 25.1 Å². The normalized spacial score (nSPS) is 15.3. The first kappa shape index (κ1) is 90.9. The van der Waals surface area contributed by atoms with Crippen LogP contribution >= 0.6 is 58.0 Å². The number of fused-ring (bicyclic) bond motifs is 12. The standard InChI is InChI=1S/C26H22ClFN2O4.C26H22ClFN2O3.C25H19Cl2FN2O3.C25H19ClF2N2O3/c1-32-17-5-7-18(8-6-17)34-26(31)30-12-11-19-20-14-16(27)4-9-22(20)29-24(19)25(30)15-3-10-23(33-2)21(28)13-15;1-15-3-7-18(8-4-15)33-26(31)30-12-11-19-20-14-17(27)6-9-22(20)29-24(19)25(30)16-5-10-23(32-2)21(28)13-16;1-32-22-9-2-14(12-20(22)28)24-23-18(19-13-16(27)5-8-21(19)29-23)10-11-30(24)25(31)33-17-6-3-15(26)4-7-17;1-32-22-9-2-14(12-20(22)28)24-23-18(19-13-15(26)3-8-21(19)29-23)10-11-30(24)25(31)33-17-6-4-16(27)5-7-17/h3-10,13-14,25,29H,11-12H2,1-2H3;3-10,13-14,25,29H,11-12H2,1-2H3;2*2-9,12-13,24,29H,10-11H2,1H3. The van der Waals surface area contributed by atoms with E-state index in [0.29, 0.717) is 122 Å². The molecule has 4 unspecified atom stereocenters. The van der Waals surface area contributed by atoms with Crippen molar-refractivity contribution in [3.05, 3.63) is 370 Å². The van der Waals surface area contributed by atoms with Crippen LogP contribution in [0.25, 0.3) is 43.6 Å². The number of hydrogen-bond acceptors (Lipinski definition) is 13. The number of aromatic nitrogens is 4. The van der Waals surface area contributed by atoms with Crippen LogP contribution in [0.5, 0.6) is 51.7 Å². The first-order chi connectivity index (χ1) is 64.3. The number of nitrogens with zero attached hydrogens (tertiary/aromatic N) is 4. The molecule has 4 aliphatic heterocycles. The second-order valence-electron chi connectivity index (χ2n) is 31.7. The maximum atomic E-state index is 14.7. The number of carbonyl (C=O) groups is 4. The molecule has 0 spiro atoms. The Kier molecular flexibility index (Phi) is 26.8. The highest BCUT2D eigenvalue weighted by Crippen LogP contribution is 2.47. The second kappa shape index (κ2) is 39.2. The summed E-state index contributed by atoms with van der Waals surface area (Å²) in [5, 5.41) is 6.98. The van der Waals surface area contributed by atoms with Gasteiger partial charge >= 0.3 is 24.4 Å². The van der Waals surface area contributed by atoms with Crippen molar-refractivity contribution in [1.29, 1.82) is 0 Å². The fourth-order valence-electron chi connectivity index (χ4n) is 17.5. The SMILES string of the molecule is COc1ccc(C2c3[nH]c4ccc(Cl)cc4c3CCN2C(=O)Oc2ccc(C)cc2)cc1F.COc1ccc(C2c3[nH]c4ccc(Cl)cc4c3CCN2C(=O)Oc2ccc(Cl)cc2)cc1F.COc1ccc(C2c3[nH]c4ccc(Cl)cc4c3CCN2C(=O)Oc2ccc(F)cc2)cc1F.COc1ccc(OC(=O)N2CCc3c([nH]c4ccc(Cl)cc34)C2c2ccc(OC)c(F)c2)cc1. The van der Waals surface area contributed by atoms with Crippen molar-refractivity contribution >= 4 is 126 Å². The van der Waals surface area contributed by atoms with Crippen LogP contribution in [-0.4, -0.2) is 126 Å². The summed E-state index contributed by atoms with van der Waals surface area (Å²) in [4.78, 5) is 73.0. The Balaban J connectivity index is 0.000000124. The van der Waals surface area contributed by atoms with Crippen molar-refractivity contribution in [2.24, 2.45) is 0 Å². The Morgan fingerprint density at radius 2 is 0.519 bits per heavy atom. The van der Waals surface area contributed by atoms with Crippen LogP contribution in [0.15, 0.2) is 243 Å². The van der Waals surface area contributed by atoms with Gasteiger partial charge in [-0.3, -0.25) is 19.6 Å². The number of hydrogen-bond donors (Lipinski definition) is 4. The van der Waals surface area contributed by atoms with Gasteiger partial charge in [-0.15, -0.1) is 0 Å². The molecule has 0 aliphatic carbocycles. The number of aromatic amines is 4. The van der Waals surface area contributed by atoms with E-state index in [1.165, 1.54) is 87.9 Å². The minimum absolute atomic E-state index is 0.110. The topological polar surface area (TPSA) is 227 Å². The van der Waals surface area contributed by atoms with Crippen LogP contribution in [0.4, 0.5) is 41.1 Å². The minimum atomic E-state index is -0.631. The first-order valence-corrected chi connectivity index (χ1v) is 43.9. The van der Waals surface area contributed by atoms with E-state index in [4.69, 9.17) is 101 Å². The zero-order valence-corrected chi connectivity index (χ0v) is 75.7. The third-order valence-corrected chi connectivity index (χ3v) is 25.0. The molecule has 4 amide bonds. The Morgan fingerprint density at radius 1 is 0.286 bits per heavy atom. The van der Waals surface area contributed by atoms with Gasteiger partial charge in [0.2, 0.25) is 0 Å². The molecule has 8 heterocycles. The average Bonchev–Trinajstić information content (AvgIpc) is 1.63. The summed E-state index contributed by atoms with van der Waals surface area (Å²) in [5.74, 6) is 0.150. The molecule has 678 valence electrons. The molecule has 0 saturated carbocycles. The minimum Gasteiger partial charge on any atom is -0.497 e. The van der Waals surface area contributed by atoms with Crippen molar-refractivity contribution in [3.63, 3.8) is 0 Å². The number of H-pyrrole nitrogens is 4. The molecular weight excluding hydrogens is 1820 g/mol. The van der Waals surface area contributed by atoms with Gasteiger partial charge in [0.15, 0.2) is 46.3 Å². The van der Waals surface area contributed by atoms with Gasteiger partial charge in [-0.1, -0.05) is 100.0 Å². The van der Waals surface area contributed by atoms with Crippen molar-refractivity contribution in [1.82, 2.24) is 39.5 Å². The van der Waals surface area contributed by atoms with Gasteiger partial charge in [0, 0.05) is 118 Å². The van der Waals surface area contributed by atoms with Crippen LogP contribution in [0, 0.1) is 36.0 Å². The number of carbonyl (C=O) groups excluding carboxylic acids is 4. The number of ether oxygens (including phenoxy) is 9. The summed E-state index contributed by atoms with van der Waals surface area (Å²) < 4.78 is 120. The molecule has 12 aromatic carbocycles. The quantitative estimate of drug-likeness (QED) is 0.0789. The number of methoxy groups -OCH3 is 5.